The molecule has 0 amide bonds. The molecule has 0 saturated carbocycles. The van der Waals surface area contributed by atoms with Crippen LogP contribution >= 0.6 is 12.2 Å². The summed E-state index contributed by atoms with van der Waals surface area (Å²) in [7, 11) is 0. The highest BCUT2D eigenvalue weighted by molar-refractivity contribution is 7.80. The van der Waals surface area contributed by atoms with Crippen LogP contribution in [-0.2, 0) is 0 Å². The number of nitrogens with two attached hydrogens (primary N) is 1. The Balaban J connectivity index is 2.42. The molecule has 0 bridgehead atoms. The second kappa shape index (κ2) is 4.06. The Morgan fingerprint density at radius 3 is 2.31 bits per heavy atom. The highest BCUT2D eigenvalue weighted by Gasteiger charge is 2.03. The number of aryl methyl sites for hydroxylation is 2. The van der Waals surface area contributed by atoms with Crippen molar-refractivity contribution in [1.82, 2.24) is 9.78 Å². The Kier molecular flexibility index (Phi) is 2.75. The van der Waals surface area contributed by atoms with Crippen molar-refractivity contribution >= 4 is 17.2 Å². The van der Waals surface area contributed by atoms with Gasteiger partial charge < -0.3 is 5.73 Å². The fourth-order valence-corrected chi connectivity index (χ4v) is 1.79. The predicted molar refractivity (Wildman–Crippen MR) is 68.9 cm³/mol. The summed E-state index contributed by atoms with van der Waals surface area (Å²) in [5.74, 6) is 0. The number of hydrogen-bond donors (Lipinski definition) is 1. The molecule has 1 aromatic heterocycles. The predicted octanol–water partition coefficient (Wildman–Crippen LogP) is 2.12. The van der Waals surface area contributed by atoms with E-state index in [1.54, 1.807) is 0 Å². The highest BCUT2D eigenvalue weighted by atomic mass is 32.1. The van der Waals surface area contributed by atoms with E-state index in [1.165, 1.54) is 0 Å². The summed E-state index contributed by atoms with van der Waals surface area (Å²) < 4.78 is 1.90. The van der Waals surface area contributed by atoms with E-state index in [0.29, 0.717) is 4.99 Å². The summed E-state index contributed by atoms with van der Waals surface area (Å²) in [6, 6.07) is 9.80. The topological polar surface area (TPSA) is 43.8 Å². The van der Waals surface area contributed by atoms with E-state index in [9.17, 15) is 0 Å². The van der Waals surface area contributed by atoms with Gasteiger partial charge in [-0.25, -0.2) is 4.68 Å². The maximum absolute atomic E-state index is 5.55. The standard InChI is InChI=1S/C12H13N3S/c1-8-7-9(2)15(14-8)11-5-3-10(4-6-11)12(13)16/h3-7H,1-2H3,(H2,13,16). The van der Waals surface area contributed by atoms with Crippen LogP contribution in [0.3, 0.4) is 0 Å². The van der Waals surface area contributed by atoms with Gasteiger partial charge in [0.2, 0.25) is 0 Å². The van der Waals surface area contributed by atoms with Gasteiger partial charge in [-0.3, -0.25) is 0 Å². The van der Waals surface area contributed by atoms with Gasteiger partial charge >= 0.3 is 0 Å². The van der Waals surface area contributed by atoms with Crippen LogP contribution in [0.15, 0.2) is 30.3 Å². The van der Waals surface area contributed by atoms with Crippen LogP contribution in [0, 0.1) is 13.8 Å². The molecule has 2 aromatic rings. The third kappa shape index (κ3) is 1.97. The number of aromatic nitrogens is 2. The van der Waals surface area contributed by atoms with Crippen molar-refractivity contribution in [3.8, 4) is 5.69 Å². The van der Waals surface area contributed by atoms with Gasteiger partial charge in [0.05, 0.1) is 11.4 Å². The Hall–Kier alpha value is -1.68. The third-order valence-corrected chi connectivity index (χ3v) is 2.64. The largest absolute Gasteiger partial charge is 0.389 e. The van der Waals surface area contributed by atoms with Crippen molar-refractivity contribution in [3.63, 3.8) is 0 Å². The number of hydrogen-bond acceptors (Lipinski definition) is 2. The molecule has 0 unspecified atom stereocenters. The zero-order valence-electron chi connectivity index (χ0n) is 9.27. The molecular formula is C12H13N3S. The molecule has 16 heavy (non-hydrogen) atoms. The number of thiocarbonyl (C=S) groups is 1. The van der Waals surface area contributed by atoms with E-state index in [0.717, 1.165) is 22.6 Å². The Labute approximate surface area is 99.9 Å². The summed E-state index contributed by atoms with van der Waals surface area (Å²) in [5, 5.41) is 4.41. The zero-order chi connectivity index (χ0) is 11.7. The van der Waals surface area contributed by atoms with Crippen LogP contribution in [0.2, 0.25) is 0 Å². The molecule has 0 saturated heterocycles. The smallest absolute Gasteiger partial charge is 0.103 e. The van der Waals surface area contributed by atoms with Crippen LogP contribution in [0.1, 0.15) is 17.0 Å². The summed E-state index contributed by atoms with van der Waals surface area (Å²) in [5.41, 5.74) is 9.56. The fourth-order valence-electron chi connectivity index (χ4n) is 1.66. The Morgan fingerprint density at radius 2 is 1.88 bits per heavy atom. The molecule has 0 spiro atoms. The summed E-state index contributed by atoms with van der Waals surface area (Å²) >= 11 is 4.91. The number of benzene rings is 1. The van der Waals surface area contributed by atoms with Gasteiger partial charge in [0, 0.05) is 11.3 Å². The van der Waals surface area contributed by atoms with Crippen molar-refractivity contribution in [2.24, 2.45) is 5.73 Å². The van der Waals surface area contributed by atoms with Gasteiger partial charge in [0.1, 0.15) is 4.99 Å². The summed E-state index contributed by atoms with van der Waals surface area (Å²) in [6.07, 6.45) is 0. The average Bonchev–Trinajstić information content (AvgIpc) is 2.58. The number of rotatable bonds is 2. The third-order valence-electron chi connectivity index (χ3n) is 2.41. The van der Waals surface area contributed by atoms with Crippen molar-refractivity contribution in [2.45, 2.75) is 13.8 Å². The lowest BCUT2D eigenvalue weighted by molar-refractivity contribution is 0.833. The summed E-state index contributed by atoms with van der Waals surface area (Å²) in [4.78, 5) is 0.417. The molecular weight excluding hydrogens is 218 g/mol. The molecule has 0 aliphatic heterocycles. The molecule has 3 nitrogen and oxygen atoms in total. The lowest BCUT2D eigenvalue weighted by atomic mass is 10.2. The SMILES string of the molecule is Cc1cc(C)n(-c2ccc(C(N)=S)cc2)n1. The second-order valence-corrected chi connectivity index (χ2v) is 4.19. The van der Waals surface area contributed by atoms with E-state index < -0.39 is 0 Å². The fraction of sp³-hybridized carbons (Fsp3) is 0.167. The van der Waals surface area contributed by atoms with Gasteiger partial charge in [0.25, 0.3) is 0 Å². The number of nitrogens with zero attached hydrogens (tertiary/aromatic N) is 2. The van der Waals surface area contributed by atoms with Crippen molar-refractivity contribution in [2.75, 3.05) is 0 Å². The molecule has 1 heterocycles. The van der Waals surface area contributed by atoms with E-state index >= 15 is 0 Å². The first kappa shape index (κ1) is 10.8. The monoisotopic (exact) mass is 231 g/mol. The zero-order valence-corrected chi connectivity index (χ0v) is 10.1. The molecule has 82 valence electrons. The first-order chi connectivity index (χ1) is 7.58. The minimum atomic E-state index is 0.417. The maximum atomic E-state index is 5.55. The van der Waals surface area contributed by atoms with Crippen molar-refractivity contribution < 1.29 is 0 Å². The maximum Gasteiger partial charge on any atom is 0.103 e. The molecule has 0 aliphatic rings. The van der Waals surface area contributed by atoms with E-state index in [-0.39, 0.29) is 0 Å². The molecule has 0 aliphatic carbocycles. The Morgan fingerprint density at radius 1 is 1.25 bits per heavy atom. The van der Waals surface area contributed by atoms with Crippen LogP contribution < -0.4 is 5.73 Å². The van der Waals surface area contributed by atoms with Crippen LogP contribution in [0.5, 0.6) is 0 Å². The molecule has 0 radical (unpaired) electrons. The van der Waals surface area contributed by atoms with Gasteiger partial charge in [-0.2, -0.15) is 5.10 Å². The highest BCUT2D eigenvalue weighted by Crippen LogP contribution is 2.12. The normalized spacial score (nSPS) is 10.4. The average molecular weight is 231 g/mol. The molecule has 4 heteroatoms. The Bertz CT molecular complexity index is 526. The lowest BCUT2D eigenvalue weighted by Gasteiger charge is -2.05. The quantitative estimate of drug-likeness (QED) is 0.805. The van der Waals surface area contributed by atoms with Gasteiger partial charge in [0.15, 0.2) is 0 Å². The van der Waals surface area contributed by atoms with Crippen LogP contribution in [-0.4, -0.2) is 14.8 Å². The van der Waals surface area contributed by atoms with Gasteiger partial charge in [-0.1, -0.05) is 12.2 Å². The summed E-state index contributed by atoms with van der Waals surface area (Å²) in [6.45, 7) is 4.01. The molecule has 0 atom stereocenters. The van der Waals surface area contributed by atoms with Crippen LogP contribution in [0.25, 0.3) is 5.69 Å². The van der Waals surface area contributed by atoms with Crippen molar-refractivity contribution in [3.05, 3.63) is 47.3 Å². The van der Waals surface area contributed by atoms with Gasteiger partial charge in [-0.15, -0.1) is 0 Å². The van der Waals surface area contributed by atoms with E-state index in [1.807, 2.05) is 48.9 Å². The lowest BCUT2D eigenvalue weighted by Crippen LogP contribution is -2.09. The molecule has 0 fully saturated rings. The van der Waals surface area contributed by atoms with Crippen molar-refractivity contribution in [1.29, 1.82) is 0 Å². The molecule has 1 aromatic carbocycles. The molecule has 2 rings (SSSR count). The van der Waals surface area contributed by atoms with E-state index in [4.69, 9.17) is 18.0 Å². The minimum absolute atomic E-state index is 0.417. The minimum Gasteiger partial charge on any atom is -0.389 e. The van der Waals surface area contributed by atoms with Gasteiger partial charge in [-0.05, 0) is 44.2 Å². The first-order valence-corrected chi connectivity index (χ1v) is 5.42. The molecule has 2 N–H and O–H groups in total. The van der Waals surface area contributed by atoms with E-state index in [2.05, 4.69) is 5.10 Å². The van der Waals surface area contributed by atoms with Crippen LogP contribution in [0.4, 0.5) is 0 Å². The first-order valence-electron chi connectivity index (χ1n) is 5.01. The second-order valence-electron chi connectivity index (χ2n) is 3.75.